The zero-order chi connectivity index (χ0) is 27.6. The van der Waals surface area contributed by atoms with Crippen LogP contribution in [0.3, 0.4) is 0 Å². The first-order valence-electron chi connectivity index (χ1n) is 13.0. The van der Waals surface area contributed by atoms with E-state index < -0.39 is 53.7 Å². The number of rotatable bonds is 6. The minimum atomic E-state index is -1.60. The summed E-state index contributed by atoms with van der Waals surface area (Å²) >= 11 is 0. The molecule has 0 bridgehead atoms. The molecule has 0 spiro atoms. The summed E-state index contributed by atoms with van der Waals surface area (Å²) in [5.41, 5.74) is 2.80. The number of anilines is 1. The number of nitrogens with two attached hydrogens (primary N) is 1. The van der Waals surface area contributed by atoms with E-state index in [9.17, 15) is 30.6 Å². The molecule has 5 atom stereocenters. The lowest BCUT2D eigenvalue weighted by atomic mass is 9.77. The van der Waals surface area contributed by atoms with Crippen LogP contribution >= 0.6 is 0 Å². The minimum Gasteiger partial charge on any atom is -0.394 e. The molecule has 4 aliphatic rings. The number of ether oxygens (including phenoxy) is 3. The number of hydrogen-bond acceptors (Lipinski definition) is 12. The van der Waals surface area contributed by atoms with Crippen LogP contribution in [0.15, 0.2) is 17.2 Å². The van der Waals surface area contributed by atoms with Crippen LogP contribution < -0.4 is 11.3 Å². The first-order valence-corrected chi connectivity index (χ1v) is 13.0. The maximum Gasteiger partial charge on any atom is 0.287 e. The molecule has 1 unspecified atom stereocenters. The maximum atomic E-state index is 13.5. The highest BCUT2D eigenvalue weighted by molar-refractivity contribution is 5.74. The number of nitriles is 2. The highest BCUT2D eigenvalue weighted by atomic mass is 16.8. The number of imidazole rings is 1. The molecule has 2 aliphatic heterocycles. The van der Waals surface area contributed by atoms with E-state index in [1.165, 1.54) is 10.9 Å². The zero-order valence-electron chi connectivity index (χ0n) is 21.1. The van der Waals surface area contributed by atoms with Crippen molar-refractivity contribution < 1.29 is 29.5 Å². The van der Waals surface area contributed by atoms with E-state index in [4.69, 9.17) is 19.9 Å². The summed E-state index contributed by atoms with van der Waals surface area (Å²) in [7, 11) is 0. The smallest absolute Gasteiger partial charge is 0.287 e. The van der Waals surface area contributed by atoms with Crippen LogP contribution in [0.5, 0.6) is 0 Å². The number of nitrogens with zero attached hydrogens (tertiary/aromatic N) is 6. The average molecular weight is 540 g/mol. The van der Waals surface area contributed by atoms with Gasteiger partial charge in [-0.1, -0.05) is 12.8 Å². The first kappa shape index (κ1) is 25.9. The van der Waals surface area contributed by atoms with Crippen molar-refractivity contribution in [1.82, 2.24) is 19.1 Å². The van der Waals surface area contributed by atoms with Crippen molar-refractivity contribution in [3.63, 3.8) is 0 Å². The van der Waals surface area contributed by atoms with Gasteiger partial charge in [0.25, 0.3) is 5.56 Å². The minimum absolute atomic E-state index is 0.0406. The van der Waals surface area contributed by atoms with Crippen LogP contribution in [0.2, 0.25) is 0 Å². The van der Waals surface area contributed by atoms with E-state index >= 15 is 0 Å². The van der Waals surface area contributed by atoms with Gasteiger partial charge in [0.2, 0.25) is 11.7 Å². The van der Waals surface area contributed by atoms with Crippen LogP contribution in [0.4, 0.5) is 5.95 Å². The van der Waals surface area contributed by atoms with Gasteiger partial charge in [-0.3, -0.25) is 9.36 Å². The molecule has 5 N–H and O–H groups in total. The number of aliphatic hydroxyl groups excluding tert-OH is 1. The van der Waals surface area contributed by atoms with Crippen LogP contribution in [0, 0.1) is 22.7 Å². The Morgan fingerprint density at radius 1 is 1.18 bits per heavy atom. The Kier molecular flexibility index (Phi) is 6.03. The van der Waals surface area contributed by atoms with Gasteiger partial charge in [-0.15, -0.1) is 0 Å². The Hall–Kier alpha value is -3.37. The Balaban J connectivity index is 1.42. The van der Waals surface area contributed by atoms with E-state index in [1.54, 1.807) is 0 Å². The molecular weight excluding hydrogens is 510 g/mol. The second-order valence-corrected chi connectivity index (χ2v) is 10.7. The quantitative estimate of drug-likeness (QED) is 0.358. The number of nitrogen functional groups attached to an aromatic ring is 1. The van der Waals surface area contributed by atoms with Gasteiger partial charge in [0.15, 0.2) is 17.4 Å². The molecular formula is C25H29N7O7. The lowest BCUT2D eigenvalue weighted by molar-refractivity contribution is -0.296. The Morgan fingerprint density at radius 3 is 2.51 bits per heavy atom. The predicted molar refractivity (Wildman–Crippen MR) is 132 cm³/mol. The lowest BCUT2D eigenvalue weighted by Gasteiger charge is -2.40. The maximum absolute atomic E-state index is 13.5. The Labute approximate surface area is 222 Å². The number of allylic oxidation sites excluding steroid dienone is 1. The van der Waals surface area contributed by atoms with Crippen LogP contribution in [0.25, 0.3) is 16.9 Å². The van der Waals surface area contributed by atoms with Gasteiger partial charge in [-0.2, -0.15) is 15.5 Å². The highest BCUT2D eigenvalue weighted by Crippen LogP contribution is 2.53. The largest absolute Gasteiger partial charge is 0.394 e. The van der Waals surface area contributed by atoms with E-state index in [1.807, 2.05) is 6.07 Å². The van der Waals surface area contributed by atoms with Gasteiger partial charge in [0.05, 0.1) is 37.2 Å². The summed E-state index contributed by atoms with van der Waals surface area (Å²) in [5.74, 6) is -1.86. The van der Waals surface area contributed by atoms with E-state index in [-0.39, 0.29) is 29.2 Å². The van der Waals surface area contributed by atoms with Gasteiger partial charge in [-0.25, -0.2) is 9.55 Å². The van der Waals surface area contributed by atoms with Crippen molar-refractivity contribution in [2.45, 2.75) is 92.9 Å². The third-order valence-corrected chi connectivity index (χ3v) is 8.57. The predicted octanol–water partition coefficient (Wildman–Crippen LogP) is 0.0435. The first-order chi connectivity index (χ1) is 18.7. The van der Waals surface area contributed by atoms with Gasteiger partial charge in [0.1, 0.15) is 29.5 Å². The highest BCUT2D eigenvalue weighted by Gasteiger charge is 2.66. The normalized spacial score (nSPS) is 33.0. The third kappa shape index (κ3) is 3.64. The molecule has 2 aliphatic carbocycles. The molecule has 2 saturated heterocycles. The fourth-order valence-electron chi connectivity index (χ4n) is 6.37. The monoisotopic (exact) mass is 539 g/mol. The molecule has 2 saturated carbocycles. The third-order valence-electron chi connectivity index (χ3n) is 8.57. The van der Waals surface area contributed by atoms with Gasteiger partial charge >= 0.3 is 0 Å². The van der Waals surface area contributed by atoms with Crippen molar-refractivity contribution in [3.05, 3.63) is 22.8 Å². The van der Waals surface area contributed by atoms with Crippen molar-refractivity contribution in [2.75, 3.05) is 12.3 Å². The molecule has 4 fully saturated rings. The SMILES string of the molecule is N#C/C=C(/n1c(N)nc2c(ncn2[C@@H]2O[C@H](CO)[C@H]3OC(CC#N)(C4(O)CCCC4)O[C@H]32)c1=O)C1(O)CCC1. The summed E-state index contributed by atoms with van der Waals surface area (Å²) in [5, 5.41) is 51.3. The molecule has 0 amide bonds. The van der Waals surface area contributed by atoms with Gasteiger partial charge in [0, 0.05) is 6.08 Å². The summed E-state index contributed by atoms with van der Waals surface area (Å²) in [6.07, 6.45) is 2.48. The zero-order valence-corrected chi connectivity index (χ0v) is 21.1. The van der Waals surface area contributed by atoms with Crippen molar-refractivity contribution in [3.8, 4) is 12.1 Å². The number of aliphatic hydroxyl groups is 3. The van der Waals surface area contributed by atoms with Crippen LogP contribution in [-0.2, 0) is 14.2 Å². The number of hydrogen-bond donors (Lipinski definition) is 4. The average Bonchev–Trinajstić information content (AvgIpc) is 3.66. The van der Waals surface area contributed by atoms with Crippen molar-refractivity contribution in [1.29, 1.82) is 10.5 Å². The molecule has 2 aromatic rings. The van der Waals surface area contributed by atoms with Crippen molar-refractivity contribution >= 4 is 22.8 Å². The molecule has 39 heavy (non-hydrogen) atoms. The molecule has 0 aromatic carbocycles. The van der Waals surface area contributed by atoms with E-state index in [2.05, 4.69) is 16.0 Å². The number of aromatic nitrogens is 4. The molecule has 4 heterocycles. The molecule has 206 valence electrons. The molecule has 6 rings (SSSR count). The van der Waals surface area contributed by atoms with Crippen LogP contribution in [-0.4, -0.2) is 76.3 Å². The lowest BCUT2D eigenvalue weighted by Crippen LogP contribution is -2.54. The second kappa shape index (κ2) is 9.09. The topological polar surface area (TPSA) is 215 Å². The molecule has 2 aromatic heterocycles. The van der Waals surface area contributed by atoms with Crippen molar-refractivity contribution in [2.24, 2.45) is 0 Å². The summed E-state index contributed by atoms with van der Waals surface area (Å²) in [6, 6.07) is 3.93. The fourth-order valence-corrected chi connectivity index (χ4v) is 6.37. The fraction of sp³-hybridized carbons (Fsp3) is 0.640. The molecule has 14 nitrogen and oxygen atoms in total. The summed E-state index contributed by atoms with van der Waals surface area (Å²) in [4.78, 5) is 22.2. The summed E-state index contributed by atoms with van der Waals surface area (Å²) < 4.78 is 21.1. The molecule has 14 heteroatoms. The summed E-state index contributed by atoms with van der Waals surface area (Å²) in [6.45, 7) is -0.419. The van der Waals surface area contributed by atoms with Gasteiger partial charge < -0.3 is 35.3 Å². The van der Waals surface area contributed by atoms with Gasteiger partial charge in [-0.05, 0) is 32.1 Å². The Bertz CT molecular complexity index is 1480. The van der Waals surface area contributed by atoms with E-state index in [0.717, 1.165) is 29.9 Å². The Morgan fingerprint density at radius 2 is 1.90 bits per heavy atom. The molecule has 0 radical (unpaired) electrons. The van der Waals surface area contributed by atoms with Crippen LogP contribution in [0.1, 0.15) is 57.6 Å². The van der Waals surface area contributed by atoms with E-state index in [0.29, 0.717) is 25.7 Å². The number of fused-ring (bicyclic) bond motifs is 2. The second-order valence-electron chi connectivity index (χ2n) is 10.7. The standard InChI is InChI=1S/C25H29N7O7/c26-10-4-15(23(35)5-3-6-23)32-20(34)16-19(30-22(32)28)31(13-29-16)21-18-17(14(12-33)37-21)38-25(39-18,9-11-27)24(36)7-1-2-8-24/h4,13-14,17-18,21,33,35-36H,1-3,5-9,12H2,(H2,28,30)/b15-4+/t14-,17-,18-,21-,25?/m1/s1.